The molecule has 0 aliphatic rings. The molecule has 0 saturated heterocycles. The van der Waals surface area contributed by atoms with E-state index in [-0.39, 0.29) is 5.56 Å². The van der Waals surface area contributed by atoms with Gasteiger partial charge in [0, 0.05) is 11.1 Å². The summed E-state index contributed by atoms with van der Waals surface area (Å²) < 4.78 is 0. The summed E-state index contributed by atoms with van der Waals surface area (Å²) in [4.78, 5) is 23.5. The van der Waals surface area contributed by atoms with E-state index in [0.29, 0.717) is 15.6 Å². The van der Waals surface area contributed by atoms with Gasteiger partial charge in [-0.3, -0.25) is 20.4 Å². The molecule has 0 heterocycles. The lowest BCUT2D eigenvalue weighted by molar-refractivity contribution is -0.117. The minimum absolute atomic E-state index is 0.277. The summed E-state index contributed by atoms with van der Waals surface area (Å²) in [6, 6.07) is 13.6. The van der Waals surface area contributed by atoms with Crippen molar-refractivity contribution in [2.45, 2.75) is 0 Å². The zero-order chi connectivity index (χ0) is 15.9. The second-order valence-electron chi connectivity index (χ2n) is 4.28. The fourth-order valence-corrected chi connectivity index (χ4v) is 2.07. The largest absolute Gasteiger partial charge is 0.271 e. The predicted molar refractivity (Wildman–Crippen MR) is 87.5 cm³/mol. The number of carbonyl (C=O) groups excluding carboxylic acids is 2. The van der Waals surface area contributed by atoms with Crippen LogP contribution in [0.5, 0.6) is 0 Å². The van der Waals surface area contributed by atoms with Crippen LogP contribution in [-0.2, 0) is 4.79 Å². The van der Waals surface area contributed by atoms with Crippen molar-refractivity contribution in [3.63, 3.8) is 0 Å². The van der Waals surface area contributed by atoms with Crippen molar-refractivity contribution >= 4 is 41.1 Å². The Morgan fingerprint density at radius 1 is 0.864 bits per heavy atom. The first kappa shape index (κ1) is 16.1. The Morgan fingerprint density at radius 3 is 2.18 bits per heavy atom. The van der Waals surface area contributed by atoms with Gasteiger partial charge in [-0.1, -0.05) is 53.5 Å². The monoisotopic (exact) mass is 334 g/mol. The van der Waals surface area contributed by atoms with Crippen molar-refractivity contribution in [1.82, 2.24) is 10.9 Å². The molecule has 2 aromatic carbocycles. The average molecular weight is 335 g/mol. The van der Waals surface area contributed by atoms with Crippen LogP contribution in [-0.4, -0.2) is 11.8 Å². The molecule has 2 amide bonds. The number of nitrogens with one attached hydrogen (secondary N) is 2. The zero-order valence-electron chi connectivity index (χ0n) is 11.3. The molecule has 0 radical (unpaired) electrons. The molecular weight excluding hydrogens is 323 g/mol. The lowest BCUT2D eigenvalue weighted by Gasteiger charge is -2.06. The van der Waals surface area contributed by atoms with Crippen molar-refractivity contribution in [2.24, 2.45) is 0 Å². The molecule has 0 unspecified atom stereocenters. The minimum atomic E-state index is -0.495. The van der Waals surface area contributed by atoms with Crippen LogP contribution in [0.3, 0.4) is 0 Å². The fraction of sp³-hybridized carbons (Fsp3) is 0. The zero-order valence-corrected chi connectivity index (χ0v) is 12.9. The third-order valence-corrected chi connectivity index (χ3v) is 3.41. The van der Waals surface area contributed by atoms with Crippen molar-refractivity contribution in [2.75, 3.05) is 0 Å². The topological polar surface area (TPSA) is 58.2 Å². The lowest BCUT2D eigenvalue weighted by atomic mass is 10.2. The highest BCUT2D eigenvalue weighted by molar-refractivity contribution is 6.33. The van der Waals surface area contributed by atoms with Gasteiger partial charge in [0.25, 0.3) is 11.8 Å². The van der Waals surface area contributed by atoms with Gasteiger partial charge in [0.05, 0.1) is 10.6 Å². The highest BCUT2D eigenvalue weighted by atomic mass is 35.5. The van der Waals surface area contributed by atoms with Gasteiger partial charge in [0.1, 0.15) is 0 Å². The number of amides is 2. The van der Waals surface area contributed by atoms with Crippen LogP contribution in [0.15, 0.2) is 54.6 Å². The van der Waals surface area contributed by atoms with Crippen LogP contribution >= 0.6 is 23.2 Å². The minimum Gasteiger partial charge on any atom is -0.268 e. The molecule has 112 valence electrons. The standard InChI is InChI=1S/C16H12Cl2N2O2/c17-13-7-3-1-5-11(13)9-10-15(21)19-20-16(22)12-6-2-4-8-14(12)18/h1-10H,(H,19,21)(H,20,22). The highest BCUT2D eigenvalue weighted by Gasteiger charge is 2.09. The Labute approximate surface area is 137 Å². The van der Waals surface area contributed by atoms with Gasteiger partial charge in [0.2, 0.25) is 0 Å². The maximum absolute atomic E-state index is 11.8. The van der Waals surface area contributed by atoms with Gasteiger partial charge >= 0.3 is 0 Å². The molecule has 0 saturated carbocycles. The summed E-state index contributed by atoms with van der Waals surface area (Å²) >= 11 is 11.9. The number of benzene rings is 2. The second-order valence-corrected chi connectivity index (χ2v) is 5.09. The molecule has 0 fully saturated rings. The predicted octanol–water partition coefficient (Wildman–Crippen LogP) is 3.47. The molecule has 0 bridgehead atoms. The van der Waals surface area contributed by atoms with Crippen LogP contribution in [0.1, 0.15) is 15.9 Å². The smallest absolute Gasteiger partial charge is 0.268 e. The van der Waals surface area contributed by atoms with Crippen LogP contribution in [0.25, 0.3) is 6.08 Å². The van der Waals surface area contributed by atoms with E-state index in [1.165, 1.54) is 6.08 Å². The second kappa shape index (κ2) is 7.64. The molecule has 0 atom stereocenters. The van der Waals surface area contributed by atoms with E-state index in [4.69, 9.17) is 23.2 Å². The molecule has 2 N–H and O–H groups in total. The third kappa shape index (κ3) is 4.35. The van der Waals surface area contributed by atoms with Gasteiger partial charge in [-0.25, -0.2) is 0 Å². The van der Waals surface area contributed by atoms with E-state index >= 15 is 0 Å². The van der Waals surface area contributed by atoms with Crippen molar-refractivity contribution in [3.8, 4) is 0 Å². The van der Waals surface area contributed by atoms with E-state index in [9.17, 15) is 9.59 Å². The van der Waals surface area contributed by atoms with Crippen molar-refractivity contribution < 1.29 is 9.59 Å². The van der Waals surface area contributed by atoms with Gasteiger partial charge in [0.15, 0.2) is 0 Å². The van der Waals surface area contributed by atoms with Crippen LogP contribution in [0.4, 0.5) is 0 Å². The SMILES string of the molecule is O=C(C=Cc1ccccc1Cl)NNC(=O)c1ccccc1Cl. The Balaban J connectivity index is 1.92. The quantitative estimate of drug-likeness (QED) is 0.667. The van der Waals surface area contributed by atoms with E-state index in [2.05, 4.69) is 10.9 Å². The fourth-order valence-electron chi connectivity index (χ4n) is 1.65. The van der Waals surface area contributed by atoms with Crippen molar-refractivity contribution in [3.05, 3.63) is 75.8 Å². The third-order valence-electron chi connectivity index (χ3n) is 2.74. The molecule has 22 heavy (non-hydrogen) atoms. The van der Waals surface area contributed by atoms with Gasteiger partial charge in [-0.15, -0.1) is 0 Å². The Morgan fingerprint density at radius 2 is 1.50 bits per heavy atom. The normalized spacial score (nSPS) is 10.5. The summed E-state index contributed by atoms with van der Waals surface area (Å²) in [5, 5.41) is 0.840. The molecule has 0 aliphatic carbocycles. The summed E-state index contributed by atoms with van der Waals surface area (Å²) in [7, 11) is 0. The van der Waals surface area contributed by atoms with E-state index < -0.39 is 11.8 Å². The first-order valence-corrected chi connectivity index (χ1v) is 7.11. The number of hydrogen-bond donors (Lipinski definition) is 2. The lowest BCUT2D eigenvalue weighted by Crippen LogP contribution is -2.40. The number of rotatable bonds is 3. The average Bonchev–Trinajstić information content (AvgIpc) is 2.52. The Bertz CT molecular complexity index is 730. The number of halogens is 2. The van der Waals surface area contributed by atoms with Crippen molar-refractivity contribution in [1.29, 1.82) is 0 Å². The molecule has 6 heteroatoms. The maximum Gasteiger partial charge on any atom is 0.271 e. The Hall–Kier alpha value is -2.30. The van der Waals surface area contributed by atoms with E-state index in [1.54, 1.807) is 48.5 Å². The van der Waals surface area contributed by atoms with E-state index in [1.807, 2.05) is 6.07 Å². The molecule has 0 aliphatic heterocycles. The summed E-state index contributed by atoms with van der Waals surface area (Å²) in [6.45, 7) is 0. The maximum atomic E-state index is 11.8. The van der Waals surface area contributed by atoms with Gasteiger partial charge in [-0.2, -0.15) is 0 Å². The summed E-state index contributed by atoms with van der Waals surface area (Å²) in [5.41, 5.74) is 5.54. The first-order valence-electron chi connectivity index (χ1n) is 6.35. The van der Waals surface area contributed by atoms with Gasteiger partial charge in [-0.05, 0) is 29.8 Å². The number of hydrazine groups is 1. The molecule has 2 aromatic rings. The van der Waals surface area contributed by atoms with Crippen LogP contribution < -0.4 is 10.9 Å². The number of carbonyl (C=O) groups is 2. The molecule has 2 rings (SSSR count). The number of hydrogen-bond acceptors (Lipinski definition) is 2. The first-order chi connectivity index (χ1) is 10.6. The van der Waals surface area contributed by atoms with Crippen LogP contribution in [0, 0.1) is 0 Å². The van der Waals surface area contributed by atoms with Crippen LogP contribution in [0.2, 0.25) is 10.0 Å². The Kier molecular flexibility index (Phi) is 5.58. The molecule has 0 aromatic heterocycles. The molecular formula is C16H12Cl2N2O2. The summed E-state index contributed by atoms with van der Waals surface area (Å²) in [6.07, 6.45) is 2.83. The van der Waals surface area contributed by atoms with E-state index in [0.717, 1.165) is 0 Å². The molecule has 4 nitrogen and oxygen atoms in total. The highest BCUT2D eigenvalue weighted by Crippen LogP contribution is 2.16. The molecule has 0 spiro atoms. The summed E-state index contributed by atoms with van der Waals surface area (Å²) in [5.74, 6) is -0.981. The van der Waals surface area contributed by atoms with Gasteiger partial charge < -0.3 is 0 Å².